The summed E-state index contributed by atoms with van der Waals surface area (Å²) in [5, 5.41) is 5.50. The molecule has 6 aromatic rings. The summed E-state index contributed by atoms with van der Waals surface area (Å²) < 4.78 is 0. The molecule has 0 spiro atoms. The van der Waals surface area contributed by atoms with E-state index in [1.807, 2.05) is 0 Å². The van der Waals surface area contributed by atoms with E-state index in [9.17, 15) is 0 Å². The van der Waals surface area contributed by atoms with E-state index in [1.165, 1.54) is 66.1 Å². The molecule has 0 aliphatic heterocycles. The standard InChI is InChI=1S/2C21H23.C3H6.2ClH.Hf/c2*1-4-16-8-10-18(11-9-16)20-7-5-6-19-13-17(12-15(2)3)14-21(19)20;1-3-2;;;/h2*5-11,13-15H,4,12H2,1-3H3;1-3H2;2*1H;/q2*-1;-2;;;/p-2. The molecule has 0 radical (unpaired) electrons. The summed E-state index contributed by atoms with van der Waals surface area (Å²) >= 11 is 0. The maximum atomic E-state index is 3.38. The predicted octanol–water partition coefficient (Wildman–Crippen LogP) is 7.02. The molecular formula is C45H52Cl2Hf-6. The van der Waals surface area contributed by atoms with E-state index in [2.05, 4.69) is 165 Å². The molecular weight excluding hydrogens is 790 g/mol. The van der Waals surface area contributed by atoms with Crippen LogP contribution in [-0.2, 0) is 51.5 Å². The van der Waals surface area contributed by atoms with E-state index in [0.717, 1.165) is 32.1 Å². The number of halogens is 2. The second-order valence-electron chi connectivity index (χ2n) is 13.0. The number of rotatable bonds is 8. The van der Waals surface area contributed by atoms with Crippen molar-refractivity contribution in [3.63, 3.8) is 0 Å². The first-order valence-corrected chi connectivity index (χ1v) is 16.9. The second-order valence-corrected chi connectivity index (χ2v) is 13.0. The Morgan fingerprint density at radius 2 is 0.875 bits per heavy atom. The zero-order chi connectivity index (χ0) is 32.3. The van der Waals surface area contributed by atoms with Crippen LogP contribution in [-0.4, -0.2) is 0 Å². The summed E-state index contributed by atoms with van der Waals surface area (Å²) in [6.07, 6.45) is 5.25. The van der Waals surface area contributed by atoms with Crippen molar-refractivity contribution in [2.75, 3.05) is 0 Å². The van der Waals surface area contributed by atoms with Crippen LogP contribution in [0.4, 0.5) is 0 Å². The minimum atomic E-state index is 0. The summed E-state index contributed by atoms with van der Waals surface area (Å²) in [7, 11) is 0. The molecule has 0 saturated heterocycles. The summed E-state index contributed by atoms with van der Waals surface area (Å²) in [4.78, 5) is 0. The molecule has 0 amide bonds. The largest absolute Gasteiger partial charge is 1.00 e. The quantitative estimate of drug-likeness (QED) is 0.114. The fraction of sp³-hybridized carbons (Fsp3) is 0.289. The summed E-state index contributed by atoms with van der Waals surface area (Å²) in [5.41, 5.74) is 11.0. The van der Waals surface area contributed by atoms with Crippen LogP contribution in [0.3, 0.4) is 0 Å². The molecule has 0 heterocycles. The Bertz CT molecular complexity index is 1620. The SMILES string of the molecule is CCc1ccc(-c2cccc3[cH-]c(CC(C)C)cc23)cc1.CCc1ccc(-c2cccc3[cH-]c(CC(C)C)cc23)cc1.[CH2-]C[CH2-].[Cl-].[Cl-].[Hf]. The molecule has 256 valence electrons. The third-order valence-electron chi connectivity index (χ3n) is 8.26. The van der Waals surface area contributed by atoms with Gasteiger partial charge < -0.3 is 45.1 Å². The van der Waals surface area contributed by atoms with Gasteiger partial charge in [-0.05, 0) is 59.8 Å². The van der Waals surface area contributed by atoms with Crippen LogP contribution in [0.15, 0.2) is 109 Å². The normalized spacial score (nSPS) is 10.4. The van der Waals surface area contributed by atoms with E-state index in [-0.39, 0.29) is 50.7 Å². The predicted molar refractivity (Wildman–Crippen MR) is 201 cm³/mol. The van der Waals surface area contributed by atoms with Crippen LogP contribution >= 0.6 is 0 Å². The van der Waals surface area contributed by atoms with Crippen molar-refractivity contribution in [2.45, 2.75) is 73.6 Å². The van der Waals surface area contributed by atoms with Gasteiger partial charge in [-0.3, -0.25) is 0 Å². The molecule has 3 heteroatoms. The van der Waals surface area contributed by atoms with Crippen molar-refractivity contribution in [3.8, 4) is 22.3 Å². The molecule has 6 rings (SSSR count). The van der Waals surface area contributed by atoms with Gasteiger partial charge in [0.05, 0.1) is 0 Å². The fourth-order valence-electron chi connectivity index (χ4n) is 6.12. The number of benzene rings is 4. The molecule has 48 heavy (non-hydrogen) atoms. The molecule has 0 aliphatic rings. The van der Waals surface area contributed by atoms with Crippen molar-refractivity contribution in [1.29, 1.82) is 0 Å². The first-order chi connectivity index (χ1) is 21.8. The summed E-state index contributed by atoms with van der Waals surface area (Å²) in [5.74, 6) is 1.41. The smallest absolute Gasteiger partial charge is 0 e. The first kappa shape index (κ1) is 43.6. The number of hydrogen-bond acceptors (Lipinski definition) is 0. The van der Waals surface area contributed by atoms with Crippen LogP contribution in [0.5, 0.6) is 0 Å². The third kappa shape index (κ3) is 11.9. The van der Waals surface area contributed by atoms with Crippen molar-refractivity contribution < 1.29 is 50.7 Å². The average Bonchev–Trinajstić information content (AvgIpc) is 3.64. The molecule has 0 fully saturated rings. The molecule has 0 atom stereocenters. The third-order valence-corrected chi connectivity index (χ3v) is 8.26. The Balaban J connectivity index is 0.000000420. The van der Waals surface area contributed by atoms with E-state index < -0.39 is 0 Å². The van der Waals surface area contributed by atoms with Gasteiger partial charge in [0, 0.05) is 25.8 Å². The zero-order valence-electron chi connectivity index (χ0n) is 29.8. The van der Waals surface area contributed by atoms with Gasteiger partial charge in [0.2, 0.25) is 0 Å². The summed E-state index contributed by atoms with van der Waals surface area (Å²) in [6.45, 7) is 20.3. The molecule has 0 unspecified atom stereocenters. The zero-order valence-corrected chi connectivity index (χ0v) is 34.9. The number of aryl methyl sites for hydroxylation is 2. The Labute approximate surface area is 323 Å². The van der Waals surface area contributed by atoms with Crippen molar-refractivity contribution in [2.24, 2.45) is 11.8 Å². The Morgan fingerprint density at radius 1 is 0.542 bits per heavy atom. The Morgan fingerprint density at radius 3 is 1.17 bits per heavy atom. The molecule has 0 saturated carbocycles. The molecule has 0 nitrogen and oxygen atoms in total. The molecule has 0 aliphatic carbocycles. The first-order valence-electron chi connectivity index (χ1n) is 16.9. The monoisotopic (exact) mass is 842 g/mol. The van der Waals surface area contributed by atoms with Crippen molar-refractivity contribution >= 4 is 21.5 Å². The van der Waals surface area contributed by atoms with Crippen LogP contribution in [0.2, 0.25) is 0 Å². The average molecular weight is 842 g/mol. The maximum absolute atomic E-state index is 3.38. The van der Waals surface area contributed by atoms with Crippen LogP contribution in [0.1, 0.15) is 70.2 Å². The minimum Gasteiger partial charge on any atom is -1.00 e. The second kappa shape index (κ2) is 21.6. The van der Waals surface area contributed by atoms with Crippen molar-refractivity contribution in [1.82, 2.24) is 0 Å². The van der Waals surface area contributed by atoms with Gasteiger partial charge in [-0.15, -0.1) is 69.1 Å². The van der Waals surface area contributed by atoms with Gasteiger partial charge in [-0.1, -0.05) is 113 Å². The Kier molecular flexibility index (Phi) is 19.6. The van der Waals surface area contributed by atoms with Crippen LogP contribution in [0, 0.1) is 25.7 Å². The molecule has 0 bridgehead atoms. The molecule has 6 aromatic carbocycles. The van der Waals surface area contributed by atoms with E-state index in [0.29, 0.717) is 11.8 Å². The minimum absolute atomic E-state index is 0. The maximum Gasteiger partial charge on any atom is 0 e. The van der Waals surface area contributed by atoms with E-state index in [4.69, 9.17) is 0 Å². The van der Waals surface area contributed by atoms with Gasteiger partial charge in [0.25, 0.3) is 0 Å². The fourth-order valence-corrected chi connectivity index (χ4v) is 6.12. The number of fused-ring (bicyclic) bond motifs is 2. The summed E-state index contributed by atoms with van der Waals surface area (Å²) in [6, 6.07) is 40.7. The van der Waals surface area contributed by atoms with Gasteiger partial charge in [-0.25, -0.2) is 0 Å². The van der Waals surface area contributed by atoms with Gasteiger partial charge in [0.1, 0.15) is 0 Å². The van der Waals surface area contributed by atoms with Crippen molar-refractivity contribution in [3.05, 3.63) is 145 Å². The van der Waals surface area contributed by atoms with Gasteiger partial charge in [-0.2, -0.15) is 12.1 Å². The van der Waals surface area contributed by atoms with E-state index in [1.54, 1.807) is 0 Å². The number of hydrogen-bond donors (Lipinski definition) is 0. The van der Waals surface area contributed by atoms with E-state index >= 15 is 0 Å². The molecule has 0 aromatic heterocycles. The van der Waals surface area contributed by atoms with Gasteiger partial charge in [0.15, 0.2) is 0 Å². The van der Waals surface area contributed by atoms with Gasteiger partial charge >= 0.3 is 0 Å². The van der Waals surface area contributed by atoms with Crippen LogP contribution < -0.4 is 24.8 Å². The van der Waals surface area contributed by atoms with Crippen LogP contribution in [0.25, 0.3) is 43.8 Å². The molecule has 0 N–H and O–H groups in total. The topological polar surface area (TPSA) is 0 Å². The Hall–Kier alpha value is -2.45.